The van der Waals surface area contributed by atoms with Crippen LogP contribution >= 0.6 is 12.4 Å². The van der Waals surface area contributed by atoms with Gasteiger partial charge < -0.3 is 9.47 Å². The van der Waals surface area contributed by atoms with Crippen LogP contribution < -0.4 is 5.56 Å². The Morgan fingerprint density at radius 3 is 2.24 bits per heavy atom. The van der Waals surface area contributed by atoms with Crippen molar-refractivity contribution in [2.24, 2.45) is 0 Å². The number of halogens is 5. The maximum absolute atomic E-state index is 13.0. The first-order valence-electron chi connectivity index (χ1n) is 10.1. The number of nitrogens with zero attached hydrogens (tertiary/aromatic N) is 4. The van der Waals surface area contributed by atoms with E-state index in [9.17, 15) is 27.2 Å². The van der Waals surface area contributed by atoms with Crippen LogP contribution in [-0.2, 0) is 12.7 Å². The Morgan fingerprint density at radius 1 is 0.939 bits per heavy atom. The summed E-state index contributed by atoms with van der Waals surface area (Å²) in [5, 5.41) is 0.134. The van der Waals surface area contributed by atoms with Crippen LogP contribution in [0, 0.1) is 5.82 Å². The molecule has 0 N–H and O–H groups in total. The summed E-state index contributed by atoms with van der Waals surface area (Å²) in [6.45, 7) is 3.16. The normalized spacial score (nSPS) is 14.8. The SMILES string of the molecule is Cl.O=C(c1ccc(F)cc1)N1CCN(CCn2ccc3nc(C(F)(F)F)ccc3c2=O)CC1. The number of carbonyl (C=O) groups is 1. The van der Waals surface area contributed by atoms with E-state index in [1.807, 2.05) is 0 Å². The van der Waals surface area contributed by atoms with E-state index in [-0.39, 0.29) is 29.2 Å². The minimum absolute atomic E-state index is 0. The lowest BCUT2D eigenvalue weighted by atomic mass is 10.2. The average molecular weight is 485 g/mol. The Kier molecular flexibility index (Phi) is 7.38. The predicted molar refractivity (Wildman–Crippen MR) is 117 cm³/mol. The Balaban J connectivity index is 0.00000306. The zero-order chi connectivity index (χ0) is 22.9. The van der Waals surface area contributed by atoms with Crippen LogP contribution in [0.3, 0.4) is 0 Å². The van der Waals surface area contributed by atoms with E-state index in [0.29, 0.717) is 44.8 Å². The maximum Gasteiger partial charge on any atom is 0.433 e. The molecule has 33 heavy (non-hydrogen) atoms. The molecule has 2 aromatic heterocycles. The van der Waals surface area contributed by atoms with Crippen molar-refractivity contribution in [2.75, 3.05) is 32.7 Å². The molecule has 176 valence electrons. The van der Waals surface area contributed by atoms with Gasteiger partial charge >= 0.3 is 6.18 Å². The summed E-state index contributed by atoms with van der Waals surface area (Å²) in [5.74, 6) is -0.548. The van der Waals surface area contributed by atoms with Crippen LogP contribution in [0.15, 0.2) is 53.5 Å². The highest BCUT2D eigenvalue weighted by atomic mass is 35.5. The number of hydrogen-bond donors (Lipinski definition) is 0. The van der Waals surface area contributed by atoms with E-state index in [4.69, 9.17) is 0 Å². The molecule has 0 bridgehead atoms. The quantitative estimate of drug-likeness (QED) is 0.532. The third-order valence-corrected chi connectivity index (χ3v) is 5.53. The summed E-state index contributed by atoms with van der Waals surface area (Å²) >= 11 is 0. The van der Waals surface area contributed by atoms with Gasteiger partial charge in [0.25, 0.3) is 11.5 Å². The molecule has 4 rings (SSSR count). The zero-order valence-corrected chi connectivity index (χ0v) is 18.2. The Morgan fingerprint density at radius 2 is 1.61 bits per heavy atom. The van der Waals surface area contributed by atoms with Crippen molar-refractivity contribution in [3.05, 3.63) is 76.1 Å². The van der Waals surface area contributed by atoms with Crippen LogP contribution in [0.5, 0.6) is 0 Å². The summed E-state index contributed by atoms with van der Waals surface area (Å²) in [7, 11) is 0. The first-order valence-corrected chi connectivity index (χ1v) is 10.1. The Labute approximate surface area is 192 Å². The summed E-state index contributed by atoms with van der Waals surface area (Å²) < 4.78 is 53.0. The van der Waals surface area contributed by atoms with Crippen molar-refractivity contribution >= 4 is 29.2 Å². The molecule has 1 saturated heterocycles. The lowest BCUT2D eigenvalue weighted by Gasteiger charge is -2.34. The van der Waals surface area contributed by atoms with Crippen LogP contribution in [0.2, 0.25) is 0 Å². The highest BCUT2D eigenvalue weighted by molar-refractivity contribution is 5.94. The molecule has 11 heteroatoms. The molecule has 0 aliphatic carbocycles. The number of piperazine rings is 1. The molecule has 0 spiro atoms. The van der Waals surface area contributed by atoms with Crippen LogP contribution in [-0.4, -0.2) is 58.0 Å². The van der Waals surface area contributed by atoms with Gasteiger partial charge in [-0.3, -0.25) is 14.5 Å². The summed E-state index contributed by atoms with van der Waals surface area (Å²) in [4.78, 5) is 32.5. The molecule has 1 aliphatic heterocycles. The topological polar surface area (TPSA) is 58.4 Å². The molecule has 1 amide bonds. The molecular formula is C22H21ClF4N4O2. The van der Waals surface area contributed by atoms with Crippen molar-refractivity contribution in [3.63, 3.8) is 0 Å². The van der Waals surface area contributed by atoms with Crippen molar-refractivity contribution in [2.45, 2.75) is 12.7 Å². The molecule has 0 radical (unpaired) electrons. The van der Waals surface area contributed by atoms with Crippen LogP contribution in [0.4, 0.5) is 17.6 Å². The van der Waals surface area contributed by atoms with Crippen molar-refractivity contribution < 1.29 is 22.4 Å². The minimum atomic E-state index is -4.57. The van der Waals surface area contributed by atoms with Gasteiger partial charge in [0.1, 0.15) is 11.5 Å². The van der Waals surface area contributed by atoms with Crippen molar-refractivity contribution in [3.8, 4) is 0 Å². The third-order valence-electron chi connectivity index (χ3n) is 5.53. The van der Waals surface area contributed by atoms with E-state index in [0.717, 1.165) is 12.1 Å². The largest absolute Gasteiger partial charge is 0.433 e. The molecule has 0 saturated carbocycles. The average Bonchev–Trinajstić information content (AvgIpc) is 2.78. The van der Waals surface area contributed by atoms with Gasteiger partial charge in [-0.1, -0.05) is 0 Å². The maximum atomic E-state index is 13.0. The zero-order valence-electron chi connectivity index (χ0n) is 17.4. The molecule has 6 nitrogen and oxygen atoms in total. The van der Waals surface area contributed by atoms with Gasteiger partial charge in [0, 0.05) is 51.0 Å². The monoisotopic (exact) mass is 484 g/mol. The van der Waals surface area contributed by atoms with Crippen LogP contribution in [0.25, 0.3) is 10.9 Å². The van der Waals surface area contributed by atoms with Gasteiger partial charge in [-0.25, -0.2) is 9.37 Å². The first kappa shape index (κ1) is 24.7. The van der Waals surface area contributed by atoms with Gasteiger partial charge in [-0.15, -0.1) is 12.4 Å². The number of alkyl halides is 3. The second kappa shape index (κ2) is 9.88. The fraction of sp³-hybridized carbons (Fsp3) is 0.318. The smallest absolute Gasteiger partial charge is 0.336 e. The molecule has 0 unspecified atom stereocenters. The number of amides is 1. The predicted octanol–water partition coefficient (Wildman–Crippen LogP) is 3.43. The summed E-state index contributed by atoms with van der Waals surface area (Å²) in [6, 6.07) is 8.81. The van der Waals surface area contributed by atoms with E-state index in [2.05, 4.69) is 9.88 Å². The number of hydrogen-bond acceptors (Lipinski definition) is 4. The number of aromatic nitrogens is 2. The second-order valence-electron chi connectivity index (χ2n) is 7.58. The third kappa shape index (κ3) is 5.51. The number of carbonyl (C=O) groups excluding carboxylic acids is 1. The van der Waals surface area contributed by atoms with Gasteiger partial charge in [0.15, 0.2) is 0 Å². The number of fused-ring (bicyclic) bond motifs is 1. The lowest BCUT2D eigenvalue weighted by molar-refractivity contribution is -0.140. The van der Waals surface area contributed by atoms with Crippen LogP contribution in [0.1, 0.15) is 16.1 Å². The minimum Gasteiger partial charge on any atom is -0.336 e. The fourth-order valence-corrected chi connectivity index (χ4v) is 3.70. The highest BCUT2D eigenvalue weighted by Crippen LogP contribution is 2.28. The van der Waals surface area contributed by atoms with Crippen molar-refractivity contribution in [1.29, 1.82) is 0 Å². The molecule has 0 atom stereocenters. The Bertz CT molecular complexity index is 1190. The molecular weight excluding hydrogens is 464 g/mol. The fourth-order valence-electron chi connectivity index (χ4n) is 3.70. The van der Waals surface area contributed by atoms with Gasteiger partial charge in [0.05, 0.1) is 10.9 Å². The first-order chi connectivity index (χ1) is 15.2. The standard InChI is InChI=1S/C22H20F4N4O2.ClH/c23-16-3-1-15(2-4-16)20(31)30-13-10-28(11-14-30)9-12-29-8-7-18-17(21(29)32)5-6-19(27-18)22(24,25)26;/h1-8H,9-14H2;1H. The van der Waals surface area contributed by atoms with E-state index in [1.54, 1.807) is 4.90 Å². The molecule has 1 aliphatic rings. The molecule has 1 aromatic carbocycles. The van der Waals surface area contributed by atoms with Gasteiger partial charge in [0.2, 0.25) is 0 Å². The van der Waals surface area contributed by atoms with Crippen molar-refractivity contribution in [1.82, 2.24) is 19.4 Å². The van der Waals surface area contributed by atoms with Gasteiger partial charge in [-0.05, 0) is 42.5 Å². The number of rotatable bonds is 4. The second-order valence-corrected chi connectivity index (χ2v) is 7.58. The summed E-state index contributed by atoms with van der Waals surface area (Å²) in [6.07, 6.45) is -3.12. The van der Waals surface area contributed by atoms with Gasteiger partial charge in [-0.2, -0.15) is 13.2 Å². The lowest BCUT2D eigenvalue weighted by Crippen LogP contribution is -2.49. The number of pyridine rings is 2. The Hall–Kier alpha value is -2.98. The number of benzene rings is 1. The summed E-state index contributed by atoms with van der Waals surface area (Å²) in [5.41, 5.74) is -0.983. The van der Waals surface area contributed by atoms with E-state index >= 15 is 0 Å². The molecule has 3 heterocycles. The highest BCUT2D eigenvalue weighted by Gasteiger charge is 2.32. The molecule has 1 fully saturated rings. The molecule has 3 aromatic rings. The van der Waals surface area contributed by atoms with E-state index in [1.165, 1.54) is 41.1 Å². The van der Waals surface area contributed by atoms with E-state index < -0.39 is 23.2 Å².